The fraction of sp³-hybridized carbons (Fsp3) is 0.500. The summed E-state index contributed by atoms with van der Waals surface area (Å²) in [5, 5.41) is 7.20. The Balaban J connectivity index is 1.44. The van der Waals surface area contributed by atoms with Gasteiger partial charge < -0.3 is 15.5 Å². The number of piperidine rings is 1. The van der Waals surface area contributed by atoms with E-state index in [1.54, 1.807) is 11.1 Å². The summed E-state index contributed by atoms with van der Waals surface area (Å²) in [4.78, 5) is 34.8. The molecule has 0 saturated carbocycles. The molecule has 0 aliphatic carbocycles. The smallest absolute Gasteiger partial charge is 0.241 e. The molecule has 3 atom stereocenters. The van der Waals surface area contributed by atoms with E-state index in [0.717, 1.165) is 24.3 Å². The van der Waals surface area contributed by atoms with Gasteiger partial charge in [-0.3, -0.25) is 19.5 Å². The van der Waals surface area contributed by atoms with Crippen molar-refractivity contribution in [3.63, 3.8) is 0 Å². The van der Waals surface area contributed by atoms with Crippen LogP contribution in [0.4, 0.5) is 5.69 Å². The summed E-state index contributed by atoms with van der Waals surface area (Å²) in [5.74, 6) is -0.0993. The number of carbonyl (C=O) groups excluding carboxylic acids is 2. The molecule has 2 N–H and O–H groups in total. The Bertz CT molecular complexity index is 1020. The number of carbonyl (C=O) groups is 2. The number of anilines is 1. The lowest BCUT2D eigenvalue weighted by Gasteiger charge is -2.51. The number of aromatic nitrogens is 1. The maximum atomic E-state index is 13.2. The number of hydrogen-bond acceptors (Lipinski definition) is 5. The fourth-order valence-corrected chi connectivity index (χ4v) is 5.38. The molecule has 7 nitrogen and oxygen atoms in total. The van der Waals surface area contributed by atoms with Crippen molar-refractivity contribution in [3.8, 4) is 0 Å². The van der Waals surface area contributed by atoms with Crippen LogP contribution in [0.5, 0.6) is 0 Å². The predicted octanol–water partition coefficient (Wildman–Crippen LogP) is 3.41. The second kappa shape index (κ2) is 10.4. The minimum absolute atomic E-state index is 0.0280. The SMILES string of the molecule is CC[C@@H](NC(=O)[C@@H]1CNC[C@H](N2CC(=O)N(c3ccccc3Cl)CC2(C)C)C1)c1ccccn1. The van der Waals surface area contributed by atoms with E-state index in [1.165, 1.54) is 0 Å². The van der Waals surface area contributed by atoms with Crippen LogP contribution in [0, 0.1) is 5.92 Å². The van der Waals surface area contributed by atoms with E-state index in [4.69, 9.17) is 11.6 Å². The van der Waals surface area contributed by atoms with Crippen molar-refractivity contribution >= 4 is 29.1 Å². The van der Waals surface area contributed by atoms with Crippen LogP contribution in [0.3, 0.4) is 0 Å². The lowest BCUT2D eigenvalue weighted by molar-refractivity contribution is -0.129. The topological polar surface area (TPSA) is 77.6 Å². The average Bonchev–Trinajstić information content (AvgIpc) is 2.84. The summed E-state index contributed by atoms with van der Waals surface area (Å²) in [7, 11) is 0. The van der Waals surface area contributed by atoms with E-state index in [-0.39, 0.29) is 35.4 Å². The minimum Gasteiger partial charge on any atom is -0.347 e. The number of hydrogen-bond donors (Lipinski definition) is 2. The van der Waals surface area contributed by atoms with Gasteiger partial charge in [0.05, 0.1) is 34.9 Å². The molecule has 2 saturated heterocycles. The van der Waals surface area contributed by atoms with Gasteiger partial charge in [0, 0.05) is 37.4 Å². The maximum Gasteiger partial charge on any atom is 0.241 e. The largest absolute Gasteiger partial charge is 0.347 e. The molecule has 4 rings (SSSR count). The van der Waals surface area contributed by atoms with Crippen LogP contribution in [-0.2, 0) is 9.59 Å². The Kier molecular flexibility index (Phi) is 7.55. The van der Waals surface area contributed by atoms with Crippen LogP contribution in [0.2, 0.25) is 5.02 Å². The molecule has 1 aromatic carbocycles. The summed E-state index contributed by atoms with van der Waals surface area (Å²) >= 11 is 6.39. The second-order valence-electron chi connectivity index (χ2n) is 9.84. The first kappa shape index (κ1) is 24.6. The first-order chi connectivity index (χ1) is 16.3. The number of nitrogens with zero attached hydrogens (tertiary/aromatic N) is 3. The van der Waals surface area contributed by atoms with E-state index in [2.05, 4.69) is 34.4 Å². The number of nitrogens with one attached hydrogen (secondary N) is 2. The molecule has 0 radical (unpaired) electrons. The molecular formula is C26H34ClN5O2. The highest BCUT2D eigenvalue weighted by atomic mass is 35.5. The van der Waals surface area contributed by atoms with Crippen molar-refractivity contribution in [1.29, 1.82) is 0 Å². The average molecular weight is 484 g/mol. The van der Waals surface area contributed by atoms with Gasteiger partial charge in [-0.05, 0) is 51.0 Å². The number of rotatable bonds is 6. The van der Waals surface area contributed by atoms with E-state index in [1.807, 2.05) is 49.4 Å². The normalized spacial score (nSPS) is 24.0. The first-order valence-corrected chi connectivity index (χ1v) is 12.4. The van der Waals surface area contributed by atoms with E-state index >= 15 is 0 Å². The van der Waals surface area contributed by atoms with Gasteiger partial charge in [0.25, 0.3) is 0 Å². The minimum atomic E-state index is -0.266. The third-order valence-electron chi connectivity index (χ3n) is 6.98. The number of benzene rings is 1. The molecule has 0 spiro atoms. The fourth-order valence-electron chi connectivity index (χ4n) is 5.14. The summed E-state index contributed by atoms with van der Waals surface area (Å²) in [6.45, 7) is 8.58. The zero-order valence-corrected chi connectivity index (χ0v) is 20.9. The van der Waals surface area contributed by atoms with Gasteiger partial charge in [-0.25, -0.2) is 0 Å². The van der Waals surface area contributed by atoms with Crippen molar-refractivity contribution < 1.29 is 9.59 Å². The van der Waals surface area contributed by atoms with Gasteiger partial charge in [0.15, 0.2) is 0 Å². The third kappa shape index (κ3) is 5.27. The van der Waals surface area contributed by atoms with Crippen molar-refractivity contribution in [1.82, 2.24) is 20.5 Å². The lowest BCUT2D eigenvalue weighted by Crippen LogP contribution is -2.67. The molecule has 2 fully saturated rings. The van der Waals surface area contributed by atoms with Crippen LogP contribution in [0.25, 0.3) is 0 Å². The Morgan fingerprint density at radius 1 is 1.24 bits per heavy atom. The Hall–Kier alpha value is -2.48. The monoisotopic (exact) mass is 483 g/mol. The molecule has 1 aromatic heterocycles. The summed E-state index contributed by atoms with van der Waals surface area (Å²) < 4.78 is 0. The number of para-hydroxylation sites is 1. The van der Waals surface area contributed by atoms with Crippen molar-refractivity contribution in [3.05, 3.63) is 59.4 Å². The summed E-state index contributed by atoms with van der Waals surface area (Å²) in [6.07, 6.45) is 3.24. The molecule has 2 aromatic rings. The first-order valence-electron chi connectivity index (χ1n) is 12.0. The molecule has 2 aliphatic rings. The molecule has 0 unspecified atom stereocenters. The van der Waals surface area contributed by atoms with Crippen molar-refractivity contribution in [2.45, 2.75) is 51.2 Å². The third-order valence-corrected chi connectivity index (χ3v) is 7.30. The molecular weight excluding hydrogens is 450 g/mol. The number of halogens is 1. The van der Waals surface area contributed by atoms with Crippen LogP contribution in [0.15, 0.2) is 48.7 Å². The summed E-state index contributed by atoms with van der Waals surface area (Å²) in [5.41, 5.74) is 1.36. The maximum absolute atomic E-state index is 13.2. The Morgan fingerprint density at radius 2 is 2.00 bits per heavy atom. The molecule has 34 heavy (non-hydrogen) atoms. The summed E-state index contributed by atoms with van der Waals surface area (Å²) in [6, 6.07) is 13.2. The zero-order chi connectivity index (χ0) is 24.3. The Morgan fingerprint density at radius 3 is 2.71 bits per heavy atom. The van der Waals surface area contributed by atoms with Crippen molar-refractivity contribution in [2.24, 2.45) is 5.92 Å². The number of pyridine rings is 1. The molecule has 2 aliphatic heterocycles. The molecule has 3 heterocycles. The van der Waals surface area contributed by atoms with Crippen LogP contribution >= 0.6 is 11.6 Å². The molecule has 8 heteroatoms. The second-order valence-corrected chi connectivity index (χ2v) is 10.2. The molecule has 182 valence electrons. The van der Waals surface area contributed by atoms with Gasteiger partial charge in [0.1, 0.15) is 0 Å². The van der Waals surface area contributed by atoms with Gasteiger partial charge >= 0.3 is 0 Å². The number of piperazine rings is 1. The highest BCUT2D eigenvalue weighted by molar-refractivity contribution is 6.33. The number of amides is 2. The molecule has 2 amide bonds. The molecule has 0 bridgehead atoms. The van der Waals surface area contributed by atoms with Gasteiger partial charge in [-0.1, -0.05) is 36.7 Å². The predicted molar refractivity (Wildman–Crippen MR) is 135 cm³/mol. The quantitative estimate of drug-likeness (QED) is 0.658. The zero-order valence-electron chi connectivity index (χ0n) is 20.1. The Labute approximate surface area is 206 Å². The van der Waals surface area contributed by atoms with Crippen LogP contribution in [0.1, 0.15) is 45.3 Å². The van der Waals surface area contributed by atoms with E-state index < -0.39 is 0 Å². The van der Waals surface area contributed by atoms with E-state index in [9.17, 15) is 9.59 Å². The standard InChI is InChI=1S/C26H34ClN5O2/c1-4-21(22-10-7-8-12-29-22)30-25(34)18-13-19(15-28-14-18)32-16-24(33)31(17-26(32,2)3)23-11-6-5-9-20(23)27/h5-12,18-19,21,28H,4,13-17H2,1-3H3,(H,30,34)/t18-,19+,21+/m0/s1. The van der Waals surface area contributed by atoms with Crippen LogP contribution in [-0.4, -0.2) is 59.5 Å². The van der Waals surface area contributed by atoms with Gasteiger partial charge in [-0.2, -0.15) is 0 Å². The van der Waals surface area contributed by atoms with Gasteiger partial charge in [0.2, 0.25) is 11.8 Å². The van der Waals surface area contributed by atoms with Gasteiger partial charge in [-0.15, -0.1) is 0 Å². The van der Waals surface area contributed by atoms with E-state index in [0.29, 0.717) is 31.1 Å². The lowest BCUT2D eigenvalue weighted by atomic mass is 9.88. The van der Waals surface area contributed by atoms with Crippen LogP contribution < -0.4 is 15.5 Å². The highest BCUT2D eigenvalue weighted by Gasteiger charge is 2.44. The van der Waals surface area contributed by atoms with Crippen molar-refractivity contribution in [2.75, 3.05) is 31.1 Å². The highest BCUT2D eigenvalue weighted by Crippen LogP contribution is 2.33.